The van der Waals surface area contributed by atoms with Crippen molar-refractivity contribution in [2.75, 3.05) is 20.2 Å². The maximum absolute atomic E-state index is 13.3. The van der Waals surface area contributed by atoms with Crippen LogP contribution in [0.4, 0.5) is 4.39 Å². The van der Waals surface area contributed by atoms with Gasteiger partial charge >= 0.3 is 0 Å². The highest BCUT2D eigenvalue weighted by Gasteiger charge is 2.30. The van der Waals surface area contributed by atoms with Crippen molar-refractivity contribution in [3.05, 3.63) is 59.4 Å². The van der Waals surface area contributed by atoms with Crippen molar-refractivity contribution in [3.8, 4) is 17.6 Å². The van der Waals surface area contributed by atoms with E-state index in [1.165, 1.54) is 25.3 Å². The molecule has 0 aromatic heterocycles. The Hall–Kier alpha value is -2.62. The van der Waals surface area contributed by atoms with Crippen LogP contribution >= 0.6 is 0 Å². The van der Waals surface area contributed by atoms with Crippen molar-refractivity contribution < 1.29 is 19.0 Å². The van der Waals surface area contributed by atoms with Gasteiger partial charge in [-0.2, -0.15) is 5.26 Å². The molecule has 2 atom stereocenters. The normalized spacial score (nSPS) is 20.4. The largest absolute Gasteiger partial charge is 0.493 e. The molecular formula is C20H21FN2O3. The van der Waals surface area contributed by atoms with Crippen molar-refractivity contribution in [1.82, 2.24) is 4.90 Å². The molecule has 1 aliphatic heterocycles. The molecule has 0 amide bonds. The molecule has 3 rings (SSSR count). The Labute approximate surface area is 152 Å². The Morgan fingerprint density at radius 1 is 1.27 bits per heavy atom. The molecule has 1 heterocycles. The van der Waals surface area contributed by atoms with Gasteiger partial charge in [0, 0.05) is 25.7 Å². The fourth-order valence-electron chi connectivity index (χ4n) is 3.17. The number of rotatable bonds is 5. The van der Waals surface area contributed by atoms with Crippen molar-refractivity contribution >= 4 is 0 Å². The van der Waals surface area contributed by atoms with E-state index < -0.39 is 18.0 Å². The number of nitriles is 1. The monoisotopic (exact) mass is 356 g/mol. The van der Waals surface area contributed by atoms with Gasteiger partial charge in [-0.1, -0.05) is 18.2 Å². The van der Waals surface area contributed by atoms with Gasteiger partial charge in [-0.15, -0.1) is 0 Å². The molecule has 1 aliphatic rings. The first kappa shape index (κ1) is 18.2. The van der Waals surface area contributed by atoms with Crippen molar-refractivity contribution in [2.24, 2.45) is 0 Å². The highest BCUT2D eigenvalue weighted by molar-refractivity contribution is 5.40. The molecule has 5 nitrogen and oxygen atoms in total. The fourth-order valence-corrected chi connectivity index (χ4v) is 3.17. The lowest BCUT2D eigenvalue weighted by atomic mass is 10.0. The van der Waals surface area contributed by atoms with Gasteiger partial charge in [-0.05, 0) is 30.2 Å². The maximum atomic E-state index is 13.3. The number of aliphatic hydroxyl groups excluding tert-OH is 1. The summed E-state index contributed by atoms with van der Waals surface area (Å²) in [7, 11) is 1.45. The van der Waals surface area contributed by atoms with Crippen molar-refractivity contribution in [3.63, 3.8) is 0 Å². The average Bonchev–Trinajstić information content (AvgIpc) is 2.65. The highest BCUT2D eigenvalue weighted by atomic mass is 19.1. The Bertz CT molecular complexity index is 806. The summed E-state index contributed by atoms with van der Waals surface area (Å²) in [4.78, 5) is 2.10. The molecule has 2 aromatic rings. The van der Waals surface area contributed by atoms with E-state index in [1.54, 1.807) is 6.07 Å². The molecule has 0 radical (unpaired) electrons. The summed E-state index contributed by atoms with van der Waals surface area (Å²) >= 11 is 0. The van der Waals surface area contributed by atoms with Crippen molar-refractivity contribution in [2.45, 2.75) is 25.2 Å². The number of β-amino-alcohol motifs (C(OH)–C–C–N with tert-alkyl or cyclic N) is 1. The zero-order valence-electron chi connectivity index (χ0n) is 14.6. The van der Waals surface area contributed by atoms with Gasteiger partial charge < -0.3 is 14.6 Å². The maximum Gasteiger partial charge on any atom is 0.163 e. The average molecular weight is 356 g/mol. The van der Waals surface area contributed by atoms with Crippen LogP contribution in [-0.4, -0.2) is 42.4 Å². The number of hydrogen-bond acceptors (Lipinski definition) is 5. The van der Waals surface area contributed by atoms with Crippen LogP contribution in [0.5, 0.6) is 11.5 Å². The number of methoxy groups -OCH3 is 1. The summed E-state index contributed by atoms with van der Waals surface area (Å²) in [5.41, 5.74) is 1.60. The number of halogens is 1. The lowest BCUT2D eigenvalue weighted by Crippen LogP contribution is -2.48. The second-order valence-corrected chi connectivity index (χ2v) is 6.31. The third-order valence-electron chi connectivity index (χ3n) is 4.54. The summed E-state index contributed by atoms with van der Waals surface area (Å²) in [6.45, 7) is 1.77. The molecule has 0 bridgehead atoms. The van der Waals surface area contributed by atoms with Gasteiger partial charge in [0.1, 0.15) is 18.0 Å². The molecule has 0 unspecified atom stereocenters. The molecule has 1 fully saturated rings. The molecule has 2 aromatic carbocycles. The lowest BCUT2D eigenvalue weighted by molar-refractivity contribution is -0.0283. The minimum absolute atomic E-state index is 0.308. The standard InChI is InChI=1S/C20H21FN2O3/c1-25-20-10-16(21)6-7-19(20)26-18-8-9-23(13-17(18)24)12-15-5-3-2-4-14(15)11-22/h2-7,10,17-18,24H,8-9,12-13H2,1H3/t17-,18-/m1/s1. The van der Waals surface area contributed by atoms with Crippen LogP contribution < -0.4 is 9.47 Å². The van der Waals surface area contributed by atoms with Crippen LogP contribution in [-0.2, 0) is 6.54 Å². The molecule has 0 spiro atoms. The number of nitrogens with zero attached hydrogens (tertiary/aromatic N) is 2. The molecule has 26 heavy (non-hydrogen) atoms. The molecule has 1 N–H and O–H groups in total. The van der Waals surface area contributed by atoms with Gasteiger partial charge in [0.15, 0.2) is 11.5 Å². The first-order valence-electron chi connectivity index (χ1n) is 8.49. The zero-order valence-corrected chi connectivity index (χ0v) is 14.6. The van der Waals surface area contributed by atoms with Crippen LogP contribution in [0.15, 0.2) is 42.5 Å². The highest BCUT2D eigenvalue weighted by Crippen LogP contribution is 2.30. The van der Waals surface area contributed by atoms with E-state index >= 15 is 0 Å². The van der Waals surface area contributed by atoms with E-state index in [9.17, 15) is 14.8 Å². The Morgan fingerprint density at radius 3 is 2.81 bits per heavy atom. The second-order valence-electron chi connectivity index (χ2n) is 6.31. The molecule has 0 saturated carbocycles. The van der Waals surface area contributed by atoms with Gasteiger partial charge in [-0.3, -0.25) is 4.90 Å². The van der Waals surface area contributed by atoms with Crippen LogP contribution in [0.3, 0.4) is 0 Å². The predicted molar refractivity (Wildman–Crippen MR) is 94.4 cm³/mol. The van der Waals surface area contributed by atoms with Crippen LogP contribution in [0.2, 0.25) is 0 Å². The number of piperidine rings is 1. The van der Waals surface area contributed by atoms with Crippen molar-refractivity contribution in [1.29, 1.82) is 5.26 Å². The second kappa shape index (κ2) is 8.17. The molecule has 136 valence electrons. The number of likely N-dealkylation sites (tertiary alicyclic amines) is 1. The third kappa shape index (κ3) is 4.13. The molecular weight excluding hydrogens is 335 g/mol. The molecule has 1 saturated heterocycles. The van der Waals surface area contributed by atoms with Gasteiger partial charge in [-0.25, -0.2) is 4.39 Å². The Balaban J connectivity index is 1.63. The van der Waals surface area contributed by atoms with E-state index in [0.29, 0.717) is 36.6 Å². The minimum Gasteiger partial charge on any atom is -0.493 e. The molecule has 6 heteroatoms. The van der Waals surface area contributed by atoms with Gasteiger partial charge in [0.2, 0.25) is 0 Å². The summed E-state index contributed by atoms with van der Waals surface area (Å²) < 4.78 is 24.3. The topological polar surface area (TPSA) is 65.7 Å². The summed E-state index contributed by atoms with van der Waals surface area (Å²) in [5, 5.41) is 19.7. The van der Waals surface area contributed by atoms with Gasteiger partial charge in [0.25, 0.3) is 0 Å². The number of aliphatic hydroxyl groups is 1. The lowest BCUT2D eigenvalue weighted by Gasteiger charge is -2.36. The van der Waals surface area contributed by atoms with E-state index in [0.717, 1.165) is 12.1 Å². The first-order chi connectivity index (χ1) is 12.6. The SMILES string of the molecule is COc1cc(F)ccc1O[C@@H]1CCN(Cc2ccccc2C#N)C[C@H]1O. The summed E-state index contributed by atoms with van der Waals surface area (Å²) in [5.74, 6) is 0.324. The quantitative estimate of drug-likeness (QED) is 0.892. The number of benzene rings is 2. The summed E-state index contributed by atoms with van der Waals surface area (Å²) in [6.07, 6.45) is -0.458. The van der Waals surface area contributed by atoms with Crippen LogP contribution in [0.25, 0.3) is 0 Å². The third-order valence-corrected chi connectivity index (χ3v) is 4.54. The zero-order chi connectivity index (χ0) is 18.5. The predicted octanol–water partition coefficient (Wildman–Crippen LogP) is 2.72. The number of hydrogen-bond donors (Lipinski definition) is 1. The Kier molecular flexibility index (Phi) is 5.71. The van der Waals surface area contributed by atoms with E-state index in [-0.39, 0.29) is 0 Å². The fraction of sp³-hybridized carbons (Fsp3) is 0.350. The van der Waals surface area contributed by atoms with Crippen LogP contribution in [0.1, 0.15) is 17.5 Å². The van der Waals surface area contributed by atoms with E-state index in [1.807, 2.05) is 18.2 Å². The Morgan fingerprint density at radius 2 is 2.08 bits per heavy atom. The van der Waals surface area contributed by atoms with Gasteiger partial charge in [0.05, 0.1) is 18.7 Å². The molecule has 0 aliphatic carbocycles. The van der Waals surface area contributed by atoms with E-state index in [2.05, 4.69) is 11.0 Å². The number of ether oxygens (including phenoxy) is 2. The first-order valence-corrected chi connectivity index (χ1v) is 8.49. The smallest absolute Gasteiger partial charge is 0.163 e. The van der Waals surface area contributed by atoms with Crippen LogP contribution in [0, 0.1) is 17.1 Å². The minimum atomic E-state index is -0.687. The van der Waals surface area contributed by atoms with E-state index in [4.69, 9.17) is 9.47 Å². The summed E-state index contributed by atoms with van der Waals surface area (Å²) in [6, 6.07) is 13.7.